The summed E-state index contributed by atoms with van der Waals surface area (Å²) >= 11 is 0. The van der Waals surface area contributed by atoms with E-state index in [1.165, 1.54) is 13.8 Å². The van der Waals surface area contributed by atoms with Crippen LogP contribution in [-0.4, -0.2) is 29.9 Å². The number of ether oxygens (including phenoxy) is 2. The number of Topliss-reactive ketones (excluding diaryl/α,β-unsaturated/α-hetero) is 1. The van der Waals surface area contributed by atoms with Crippen LogP contribution in [0.2, 0.25) is 0 Å². The standard InChI is InChI=1S/C17H22O5/c1-9-7-15-14(11(3)17(20)22-15)6-5-13(9)16(8-10(2)18)21-12(4)19/h5,9,14-16H,3,6-8H2,1-2,4H3/t9-,14+,15-,16+/m0/s1. The first-order valence-electron chi connectivity index (χ1n) is 7.56. The average Bonchev–Trinajstić information content (AvgIpc) is 2.56. The summed E-state index contributed by atoms with van der Waals surface area (Å²) in [4.78, 5) is 34.4. The SMILES string of the molecule is C=C1C(=O)O[C@H]2C[C@H](C)C([C@@H](CC(C)=O)OC(C)=O)=CC[C@H]12. The Bertz CT molecular complexity index is 529. The van der Waals surface area contributed by atoms with Gasteiger partial charge in [-0.2, -0.15) is 0 Å². The molecule has 0 saturated carbocycles. The van der Waals surface area contributed by atoms with Crippen molar-refractivity contribution >= 4 is 17.7 Å². The van der Waals surface area contributed by atoms with Crippen LogP contribution in [0.25, 0.3) is 0 Å². The molecule has 120 valence electrons. The van der Waals surface area contributed by atoms with Gasteiger partial charge in [0.25, 0.3) is 0 Å². The van der Waals surface area contributed by atoms with Crippen molar-refractivity contribution in [1.29, 1.82) is 0 Å². The van der Waals surface area contributed by atoms with Crippen LogP contribution in [0.4, 0.5) is 0 Å². The van der Waals surface area contributed by atoms with Gasteiger partial charge in [0.1, 0.15) is 18.0 Å². The van der Waals surface area contributed by atoms with Gasteiger partial charge in [-0.25, -0.2) is 4.79 Å². The van der Waals surface area contributed by atoms with Crippen molar-refractivity contribution < 1.29 is 23.9 Å². The fraction of sp³-hybridized carbons (Fsp3) is 0.588. The maximum atomic E-state index is 11.6. The zero-order valence-corrected chi connectivity index (χ0v) is 13.3. The Morgan fingerprint density at radius 3 is 2.73 bits per heavy atom. The van der Waals surface area contributed by atoms with Gasteiger partial charge >= 0.3 is 11.9 Å². The van der Waals surface area contributed by atoms with Crippen LogP contribution in [0.5, 0.6) is 0 Å². The van der Waals surface area contributed by atoms with E-state index in [0.717, 1.165) is 5.57 Å². The number of carbonyl (C=O) groups excluding carboxylic acids is 3. The van der Waals surface area contributed by atoms with E-state index < -0.39 is 12.1 Å². The second kappa shape index (κ2) is 6.46. The first-order valence-corrected chi connectivity index (χ1v) is 7.56. The lowest BCUT2D eigenvalue weighted by atomic mass is 9.89. The largest absolute Gasteiger partial charge is 0.458 e. The minimum atomic E-state index is -0.534. The Kier molecular flexibility index (Phi) is 4.84. The second-order valence-electron chi connectivity index (χ2n) is 6.16. The Morgan fingerprint density at radius 1 is 1.45 bits per heavy atom. The molecule has 1 aliphatic heterocycles. The van der Waals surface area contributed by atoms with E-state index in [1.54, 1.807) is 0 Å². The van der Waals surface area contributed by atoms with Gasteiger partial charge in [0.15, 0.2) is 0 Å². The molecular weight excluding hydrogens is 284 g/mol. The van der Waals surface area contributed by atoms with Gasteiger partial charge in [-0.15, -0.1) is 0 Å². The van der Waals surface area contributed by atoms with Crippen LogP contribution in [0.1, 0.15) is 40.0 Å². The van der Waals surface area contributed by atoms with Gasteiger partial charge in [0.05, 0.1) is 0 Å². The van der Waals surface area contributed by atoms with Crippen LogP contribution in [0.15, 0.2) is 23.8 Å². The zero-order chi connectivity index (χ0) is 16.4. The van der Waals surface area contributed by atoms with Crippen molar-refractivity contribution in [1.82, 2.24) is 0 Å². The van der Waals surface area contributed by atoms with Gasteiger partial charge in [-0.1, -0.05) is 19.6 Å². The number of fused-ring (bicyclic) bond motifs is 1. The summed E-state index contributed by atoms with van der Waals surface area (Å²) < 4.78 is 10.7. The van der Waals surface area contributed by atoms with Crippen molar-refractivity contribution in [2.24, 2.45) is 11.8 Å². The van der Waals surface area contributed by atoms with Crippen molar-refractivity contribution in [3.63, 3.8) is 0 Å². The molecule has 5 nitrogen and oxygen atoms in total. The maximum Gasteiger partial charge on any atom is 0.334 e. The molecular formula is C17H22O5. The van der Waals surface area contributed by atoms with Crippen molar-refractivity contribution in [3.05, 3.63) is 23.8 Å². The number of carbonyl (C=O) groups is 3. The molecule has 1 saturated heterocycles. The highest BCUT2D eigenvalue weighted by Crippen LogP contribution is 2.39. The highest BCUT2D eigenvalue weighted by Gasteiger charge is 2.41. The first-order chi connectivity index (χ1) is 10.3. The number of allylic oxidation sites excluding steroid dienone is 1. The molecule has 0 radical (unpaired) electrons. The number of esters is 2. The quantitative estimate of drug-likeness (QED) is 0.453. The fourth-order valence-corrected chi connectivity index (χ4v) is 3.26. The van der Waals surface area contributed by atoms with Gasteiger partial charge in [0.2, 0.25) is 0 Å². The van der Waals surface area contributed by atoms with Crippen LogP contribution in [0, 0.1) is 11.8 Å². The summed E-state index contributed by atoms with van der Waals surface area (Å²) in [5, 5.41) is 0. The predicted molar refractivity (Wildman–Crippen MR) is 79.8 cm³/mol. The predicted octanol–water partition coefficient (Wildman–Crippen LogP) is 2.35. The van der Waals surface area contributed by atoms with Gasteiger partial charge in [-0.3, -0.25) is 9.59 Å². The van der Waals surface area contributed by atoms with E-state index in [4.69, 9.17) is 9.47 Å². The summed E-state index contributed by atoms with van der Waals surface area (Å²) in [6, 6.07) is 0. The normalized spacial score (nSPS) is 29.0. The van der Waals surface area contributed by atoms with Crippen molar-refractivity contribution in [3.8, 4) is 0 Å². The average molecular weight is 306 g/mol. The van der Waals surface area contributed by atoms with E-state index in [0.29, 0.717) is 18.4 Å². The molecule has 1 fully saturated rings. The van der Waals surface area contributed by atoms with Crippen LogP contribution in [-0.2, 0) is 23.9 Å². The van der Waals surface area contributed by atoms with Gasteiger partial charge < -0.3 is 9.47 Å². The zero-order valence-electron chi connectivity index (χ0n) is 13.3. The number of rotatable bonds is 4. The molecule has 0 unspecified atom stereocenters. The maximum absolute atomic E-state index is 11.6. The lowest BCUT2D eigenvalue weighted by Crippen LogP contribution is -2.26. The van der Waals surface area contributed by atoms with E-state index in [2.05, 4.69) is 6.58 Å². The molecule has 1 aliphatic carbocycles. The molecule has 5 heteroatoms. The van der Waals surface area contributed by atoms with Gasteiger partial charge in [-0.05, 0) is 31.3 Å². The third kappa shape index (κ3) is 3.46. The lowest BCUT2D eigenvalue weighted by Gasteiger charge is -2.24. The molecule has 2 aliphatic rings. The van der Waals surface area contributed by atoms with Gasteiger partial charge in [0, 0.05) is 24.8 Å². The Labute approximate surface area is 130 Å². The first kappa shape index (κ1) is 16.5. The van der Waals surface area contributed by atoms with Crippen LogP contribution < -0.4 is 0 Å². The van der Waals surface area contributed by atoms with Crippen molar-refractivity contribution in [2.75, 3.05) is 0 Å². The summed E-state index contributed by atoms with van der Waals surface area (Å²) in [6.07, 6.45) is 2.71. The monoisotopic (exact) mass is 306 g/mol. The number of hydrogen-bond acceptors (Lipinski definition) is 5. The second-order valence-corrected chi connectivity index (χ2v) is 6.16. The third-order valence-corrected chi connectivity index (χ3v) is 4.33. The third-order valence-electron chi connectivity index (χ3n) is 4.33. The Hall–Kier alpha value is -1.91. The molecule has 0 bridgehead atoms. The molecule has 1 heterocycles. The fourth-order valence-electron chi connectivity index (χ4n) is 3.26. The number of ketones is 1. The van der Waals surface area contributed by atoms with Crippen LogP contribution >= 0.6 is 0 Å². The summed E-state index contributed by atoms with van der Waals surface area (Å²) in [5.41, 5.74) is 1.44. The molecule has 22 heavy (non-hydrogen) atoms. The molecule has 0 aromatic carbocycles. The topological polar surface area (TPSA) is 69.7 Å². The van der Waals surface area contributed by atoms with Crippen LogP contribution in [0.3, 0.4) is 0 Å². The van der Waals surface area contributed by atoms with E-state index >= 15 is 0 Å². The molecule has 0 spiro atoms. The summed E-state index contributed by atoms with van der Waals surface area (Å²) in [6.45, 7) is 8.63. The molecule has 0 amide bonds. The smallest absolute Gasteiger partial charge is 0.334 e. The molecule has 4 atom stereocenters. The number of hydrogen-bond donors (Lipinski definition) is 0. The lowest BCUT2D eigenvalue weighted by molar-refractivity contribution is -0.145. The molecule has 0 aromatic heterocycles. The van der Waals surface area contributed by atoms with E-state index in [-0.39, 0.29) is 36.1 Å². The highest BCUT2D eigenvalue weighted by atomic mass is 16.6. The summed E-state index contributed by atoms with van der Waals surface area (Å²) in [5.74, 6) is -0.710. The minimum absolute atomic E-state index is 0.0252. The molecule has 2 rings (SSSR count). The summed E-state index contributed by atoms with van der Waals surface area (Å²) in [7, 11) is 0. The molecule has 0 aromatic rings. The Morgan fingerprint density at radius 2 is 2.14 bits per heavy atom. The van der Waals surface area contributed by atoms with Crippen molar-refractivity contribution in [2.45, 2.75) is 52.2 Å². The highest BCUT2D eigenvalue weighted by molar-refractivity contribution is 5.90. The van der Waals surface area contributed by atoms with E-state index in [1.807, 2.05) is 13.0 Å². The Balaban J connectivity index is 2.23. The minimum Gasteiger partial charge on any atom is -0.458 e. The molecule has 0 N–H and O–H groups in total. The van der Waals surface area contributed by atoms with E-state index in [9.17, 15) is 14.4 Å².